The minimum Gasteiger partial charge on any atom is -0.364 e. The highest BCUT2D eigenvalue weighted by Gasteiger charge is 2.20. The molecule has 1 aromatic carbocycles. The van der Waals surface area contributed by atoms with Gasteiger partial charge in [0.1, 0.15) is 5.52 Å². The number of hydrogen-bond acceptors (Lipinski definition) is 5. The topological polar surface area (TPSA) is 120 Å². The van der Waals surface area contributed by atoms with E-state index in [-0.39, 0.29) is 22.7 Å². The zero-order valence-electron chi connectivity index (χ0n) is 13.2. The fourth-order valence-corrected chi connectivity index (χ4v) is 2.74. The molecule has 0 saturated carbocycles. The maximum Gasteiger partial charge on any atom is 0.332 e. The van der Waals surface area contributed by atoms with Gasteiger partial charge >= 0.3 is 5.69 Å². The lowest BCUT2D eigenvalue weighted by Gasteiger charge is -2.06. The van der Waals surface area contributed by atoms with Crippen LogP contribution in [-0.2, 0) is 0 Å². The van der Waals surface area contributed by atoms with Gasteiger partial charge in [-0.05, 0) is 36.4 Å². The molecule has 26 heavy (non-hydrogen) atoms. The van der Waals surface area contributed by atoms with Crippen LogP contribution in [0, 0.1) is 0 Å². The summed E-state index contributed by atoms with van der Waals surface area (Å²) in [6.45, 7) is 0. The molecule has 0 aliphatic rings. The zero-order valence-corrected chi connectivity index (χ0v) is 13.9. The number of rotatable bonds is 3. The van der Waals surface area contributed by atoms with Crippen LogP contribution in [0.1, 0.15) is 10.5 Å². The van der Waals surface area contributed by atoms with E-state index in [4.69, 9.17) is 17.3 Å². The van der Waals surface area contributed by atoms with E-state index in [0.29, 0.717) is 16.3 Å². The van der Waals surface area contributed by atoms with E-state index in [1.54, 1.807) is 48.8 Å². The van der Waals surface area contributed by atoms with Gasteiger partial charge in [-0.3, -0.25) is 9.78 Å². The van der Waals surface area contributed by atoms with Gasteiger partial charge in [0.05, 0.1) is 5.69 Å². The first-order chi connectivity index (χ1) is 12.5. The molecule has 0 radical (unpaired) electrons. The number of aromatic amines is 1. The zero-order chi connectivity index (χ0) is 18.3. The highest BCUT2D eigenvalue weighted by atomic mass is 35.5. The predicted molar refractivity (Wildman–Crippen MR) is 96.2 cm³/mol. The van der Waals surface area contributed by atoms with Crippen molar-refractivity contribution in [3.8, 4) is 17.1 Å². The maximum absolute atomic E-state index is 12.5. The summed E-state index contributed by atoms with van der Waals surface area (Å²) < 4.78 is 1.33. The number of halogens is 1. The summed E-state index contributed by atoms with van der Waals surface area (Å²) in [6, 6.07) is 10.1. The lowest BCUT2D eigenvalue weighted by atomic mass is 10.2. The number of H-pyrrole nitrogens is 1. The number of imidazole rings is 1. The molecule has 9 heteroatoms. The Bertz CT molecular complexity index is 1180. The molecule has 4 rings (SSSR count). The summed E-state index contributed by atoms with van der Waals surface area (Å²) in [4.78, 5) is 39.6. The van der Waals surface area contributed by atoms with E-state index in [1.807, 2.05) is 0 Å². The van der Waals surface area contributed by atoms with Crippen molar-refractivity contribution in [3.63, 3.8) is 0 Å². The van der Waals surface area contributed by atoms with E-state index < -0.39 is 11.6 Å². The third-order valence-corrected chi connectivity index (χ3v) is 4.03. The van der Waals surface area contributed by atoms with Gasteiger partial charge in [-0.25, -0.2) is 19.3 Å². The summed E-state index contributed by atoms with van der Waals surface area (Å²) in [5, 5.41) is 0.533. The van der Waals surface area contributed by atoms with Crippen LogP contribution in [0.25, 0.3) is 28.2 Å². The molecule has 3 N–H and O–H groups in total. The fourth-order valence-electron chi connectivity index (χ4n) is 2.62. The molecule has 0 unspecified atom stereocenters. The molecule has 3 aromatic heterocycles. The summed E-state index contributed by atoms with van der Waals surface area (Å²) >= 11 is 5.91. The van der Waals surface area contributed by atoms with Crippen LogP contribution in [0.5, 0.6) is 0 Å². The Balaban J connectivity index is 2.06. The lowest BCUT2D eigenvalue weighted by Crippen LogP contribution is -2.15. The van der Waals surface area contributed by atoms with Crippen molar-refractivity contribution in [2.75, 3.05) is 0 Å². The van der Waals surface area contributed by atoms with Crippen LogP contribution in [0.3, 0.4) is 0 Å². The molecule has 128 valence electrons. The first-order valence-corrected chi connectivity index (χ1v) is 7.91. The van der Waals surface area contributed by atoms with E-state index in [9.17, 15) is 9.59 Å². The Hall–Kier alpha value is -3.52. The number of hydrogen-bond donors (Lipinski definition) is 2. The van der Waals surface area contributed by atoms with Crippen LogP contribution < -0.4 is 11.4 Å². The summed E-state index contributed by atoms with van der Waals surface area (Å²) in [5.74, 6) is -0.534. The Morgan fingerprint density at radius 2 is 1.92 bits per heavy atom. The van der Waals surface area contributed by atoms with Crippen molar-refractivity contribution >= 4 is 28.7 Å². The Morgan fingerprint density at radius 3 is 2.58 bits per heavy atom. The van der Waals surface area contributed by atoms with Gasteiger partial charge in [-0.1, -0.05) is 11.6 Å². The van der Waals surface area contributed by atoms with Gasteiger partial charge in [-0.2, -0.15) is 0 Å². The highest BCUT2D eigenvalue weighted by molar-refractivity contribution is 6.30. The first-order valence-electron chi connectivity index (χ1n) is 7.53. The number of nitrogens with two attached hydrogens (primary N) is 1. The molecule has 0 atom stereocenters. The molecule has 0 aliphatic carbocycles. The quantitative estimate of drug-likeness (QED) is 0.574. The lowest BCUT2D eigenvalue weighted by molar-refractivity contribution is 0.0997. The van der Waals surface area contributed by atoms with Crippen LogP contribution in [0.15, 0.2) is 53.6 Å². The van der Waals surface area contributed by atoms with Gasteiger partial charge in [0.25, 0.3) is 5.91 Å². The SMILES string of the molecule is NC(=O)c1nc(-c2cccnc2)nc2c1[nH]c(=O)n2-c1ccc(Cl)cc1. The van der Waals surface area contributed by atoms with Gasteiger partial charge < -0.3 is 10.7 Å². The average molecular weight is 367 g/mol. The van der Waals surface area contributed by atoms with Gasteiger partial charge in [-0.15, -0.1) is 0 Å². The second-order valence-corrected chi connectivity index (χ2v) is 5.88. The van der Waals surface area contributed by atoms with Crippen LogP contribution in [0.2, 0.25) is 5.02 Å². The second kappa shape index (κ2) is 6.08. The molecule has 0 aliphatic heterocycles. The molecular weight excluding hydrogens is 356 g/mol. The number of carbonyl (C=O) groups excluding carboxylic acids is 1. The Labute approximate surface area is 151 Å². The normalized spacial score (nSPS) is 11.0. The molecule has 1 amide bonds. The molecule has 0 fully saturated rings. The van der Waals surface area contributed by atoms with Gasteiger partial charge in [0.2, 0.25) is 0 Å². The summed E-state index contributed by atoms with van der Waals surface area (Å²) in [5.41, 5.74) is 6.45. The smallest absolute Gasteiger partial charge is 0.332 e. The number of primary amides is 1. The van der Waals surface area contributed by atoms with E-state index in [0.717, 1.165) is 0 Å². The molecule has 3 heterocycles. The summed E-state index contributed by atoms with van der Waals surface area (Å²) in [7, 11) is 0. The number of aromatic nitrogens is 5. The van der Waals surface area contributed by atoms with Crippen LogP contribution >= 0.6 is 11.6 Å². The molecule has 0 spiro atoms. The van der Waals surface area contributed by atoms with Crippen molar-refractivity contribution in [1.82, 2.24) is 24.5 Å². The van der Waals surface area contributed by atoms with Crippen LogP contribution in [-0.4, -0.2) is 30.4 Å². The molecule has 8 nitrogen and oxygen atoms in total. The number of amides is 1. The minimum atomic E-state index is -0.771. The number of nitrogens with zero attached hydrogens (tertiary/aromatic N) is 4. The second-order valence-electron chi connectivity index (χ2n) is 5.44. The number of fused-ring (bicyclic) bond motifs is 1. The number of pyridine rings is 1. The number of benzene rings is 1. The monoisotopic (exact) mass is 366 g/mol. The Kier molecular flexibility index (Phi) is 3.74. The summed E-state index contributed by atoms with van der Waals surface area (Å²) in [6.07, 6.45) is 3.17. The average Bonchev–Trinajstić information content (AvgIpc) is 2.98. The fraction of sp³-hybridized carbons (Fsp3) is 0. The van der Waals surface area contributed by atoms with Crippen molar-refractivity contribution in [3.05, 3.63) is 70.0 Å². The minimum absolute atomic E-state index is 0.0707. The highest BCUT2D eigenvalue weighted by Crippen LogP contribution is 2.22. The Morgan fingerprint density at radius 1 is 1.15 bits per heavy atom. The molecular formula is C17H11ClN6O2. The maximum atomic E-state index is 12.5. The predicted octanol–water partition coefficient (Wildman–Crippen LogP) is 1.92. The van der Waals surface area contributed by atoms with E-state index in [1.165, 1.54) is 4.57 Å². The number of nitrogens with one attached hydrogen (secondary N) is 1. The molecule has 0 saturated heterocycles. The van der Waals surface area contributed by atoms with Gasteiger partial charge in [0, 0.05) is 23.0 Å². The number of carbonyl (C=O) groups is 1. The van der Waals surface area contributed by atoms with E-state index >= 15 is 0 Å². The third kappa shape index (κ3) is 2.62. The molecule has 0 bridgehead atoms. The van der Waals surface area contributed by atoms with Crippen molar-refractivity contribution in [2.24, 2.45) is 5.73 Å². The van der Waals surface area contributed by atoms with Crippen molar-refractivity contribution < 1.29 is 4.79 Å². The standard InChI is InChI=1S/C17H11ClN6O2/c18-10-3-5-11(6-4-10)24-16-13(22-17(24)26)12(14(19)25)21-15(23-16)9-2-1-7-20-8-9/h1-8H,(H2,19,25)(H,22,26). The van der Waals surface area contributed by atoms with Gasteiger partial charge in [0.15, 0.2) is 17.2 Å². The first kappa shape index (κ1) is 16.0. The van der Waals surface area contributed by atoms with E-state index in [2.05, 4.69) is 19.9 Å². The van der Waals surface area contributed by atoms with Crippen LogP contribution in [0.4, 0.5) is 0 Å². The third-order valence-electron chi connectivity index (χ3n) is 3.77. The molecule has 4 aromatic rings. The van der Waals surface area contributed by atoms with Crippen molar-refractivity contribution in [2.45, 2.75) is 0 Å². The van der Waals surface area contributed by atoms with Crippen molar-refractivity contribution in [1.29, 1.82) is 0 Å². The largest absolute Gasteiger partial charge is 0.364 e.